The van der Waals surface area contributed by atoms with Crippen molar-refractivity contribution < 1.29 is 19.5 Å². The highest BCUT2D eigenvalue weighted by molar-refractivity contribution is 6.51. The zero-order chi connectivity index (χ0) is 12.1. The van der Waals surface area contributed by atoms with Crippen molar-refractivity contribution in [2.24, 2.45) is 0 Å². The van der Waals surface area contributed by atoms with Crippen LogP contribution in [-0.4, -0.2) is 30.1 Å². The molecule has 0 aromatic heterocycles. The van der Waals surface area contributed by atoms with E-state index < -0.39 is 7.12 Å². The first-order chi connectivity index (χ1) is 8.25. The van der Waals surface area contributed by atoms with Crippen molar-refractivity contribution in [3.05, 3.63) is 35.5 Å². The second-order valence-electron chi connectivity index (χ2n) is 4.24. The number of ether oxygens (including phenoxy) is 2. The molecule has 17 heavy (non-hydrogen) atoms. The number of allylic oxidation sites excluding steroid dienone is 5. The highest BCUT2D eigenvalue weighted by atomic mass is 16.7. The van der Waals surface area contributed by atoms with E-state index in [4.69, 9.17) is 19.5 Å². The smallest absolute Gasteiger partial charge is 0.472 e. The maximum atomic E-state index is 8.96. The molecule has 0 amide bonds. The van der Waals surface area contributed by atoms with Gasteiger partial charge in [0.05, 0.1) is 12.9 Å². The Bertz CT molecular complexity index is 340. The van der Waals surface area contributed by atoms with Gasteiger partial charge >= 0.3 is 7.12 Å². The van der Waals surface area contributed by atoms with Crippen LogP contribution in [0.25, 0.3) is 0 Å². The molecule has 1 aliphatic carbocycles. The fourth-order valence-electron chi connectivity index (χ4n) is 1.84. The summed E-state index contributed by atoms with van der Waals surface area (Å²) in [7, 11) is -1.39. The Hall–Kier alpha value is -1.04. The standard InChI is InChI=1S/C12H17BO4/c14-13(15)11-6-4-10(5-7-11)9-17-12-3-1-2-8-16-12/h4,6-7,9,12,14-15H,1-3,5,8H2. The highest BCUT2D eigenvalue weighted by Gasteiger charge is 2.15. The summed E-state index contributed by atoms with van der Waals surface area (Å²) in [5, 5.41) is 17.9. The first-order valence-corrected chi connectivity index (χ1v) is 5.96. The summed E-state index contributed by atoms with van der Waals surface area (Å²) in [4.78, 5) is 0. The quantitative estimate of drug-likeness (QED) is 0.573. The van der Waals surface area contributed by atoms with E-state index in [9.17, 15) is 0 Å². The van der Waals surface area contributed by atoms with Crippen LogP contribution in [-0.2, 0) is 9.47 Å². The van der Waals surface area contributed by atoms with Gasteiger partial charge in [-0.1, -0.05) is 18.2 Å². The molecule has 2 aliphatic rings. The van der Waals surface area contributed by atoms with Gasteiger partial charge < -0.3 is 19.5 Å². The molecule has 2 N–H and O–H groups in total. The molecule has 4 nitrogen and oxygen atoms in total. The predicted octanol–water partition coefficient (Wildman–Crippen LogP) is 1.31. The van der Waals surface area contributed by atoms with E-state index in [2.05, 4.69) is 0 Å². The predicted molar refractivity (Wildman–Crippen MR) is 64.8 cm³/mol. The van der Waals surface area contributed by atoms with Crippen LogP contribution in [0.15, 0.2) is 35.5 Å². The van der Waals surface area contributed by atoms with Crippen LogP contribution in [0.3, 0.4) is 0 Å². The van der Waals surface area contributed by atoms with E-state index in [0.29, 0.717) is 11.9 Å². The third kappa shape index (κ3) is 3.73. The monoisotopic (exact) mass is 236 g/mol. The Kier molecular flexibility index (Phi) is 4.42. The summed E-state index contributed by atoms with van der Waals surface area (Å²) < 4.78 is 11.0. The van der Waals surface area contributed by atoms with Crippen LogP contribution in [0.4, 0.5) is 0 Å². The van der Waals surface area contributed by atoms with Crippen molar-refractivity contribution in [2.45, 2.75) is 32.0 Å². The molecule has 1 heterocycles. The zero-order valence-corrected chi connectivity index (χ0v) is 9.71. The van der Waals surface area contributed by atoms with Crippen LogP contribution in [0.2, 0.25) is 0 Å². The van der Waals surface area contributed by atoms with Gasteiger partial charge in [-0.15, -0.1) is 0 Å². The minimum Gasteiger partial charge on any atom is -0.472 e. The number of hydrogen-bond donors (Lipinski definition) is 2. The number of rotatable bonds is 3. The zero-order valence-electron chi connectivity index (χ0n) is 9.71. The van der Waals surface area contributed by atoms with E-state index in [0.717, 1.165) is 31.4 Å². The lowest BCUT2D eigenvalue weighted by molar-refractivity contribution is -0.130. The first-order valence-electron chi connectivity index (χ1n) is 5.96. The van der Waals surface area contributed by atoms with Gasteiger partial charge in [-0.25, -0.2) is 0 Å². The Labute approximate surface area is 101 Å². The molecule has 0 bridgehead atoms. The van der Waals surface area contributed by atoms with Crippen molar-refractivity contribution in [1.29, 1.82) is 0 Å². The summed E-state index contributed by atoms with van der Waals surface area (Å²) >= 11 is 0. The highest BCUT2D eigenvalue weighted by Crippen LogP contribution is 2.19. The molecule has 0 radical (unpaired) electrons. The maximum Gasteiger partial charge on any atom is 0.488 e. The van der Waals surface area contributed by atoms with Crippen molar-refractivity contribution >= 4 is 7.12 Å². The topological polar surface area (TPSA) is 58.9 Å². The van der Waals surface area contributed by atoms with Crippen molar-refractivity contribution in [3.8, 4) is 0 Å². The van der Waals surface area contributed by atoms with E-state index >= 15 is 0 Å². The molecule has 5 heteroatoms. The molecule has 2 rings (SSSR count). The molecule has 1 aliphatic heterocycles. The summed E-state index contributed by atoms with van der Waals surface area (Å²) in [5.74, 6) is 0. The fourth-order valence-corrected chi connectivity index (χ4v) is 1.84. The SMILES string of the molecule is OB(O)C1=CCC(=COC2CCCCO2)C=C1. The number of hydrogen-bond acceptors (Lipinski definition) is 4. The van der Waals surface area contributed by atoms with E-state index in [1.165, 1.54) is 0 Å². The third-order valence-corrected chi connectivity index (χ3v) is 2.87. The molecular formula is C12H17BO4. The van der Waals surface area contributed by atoms with Crippen molar-refractivity contribution in [2.75, 3.05) is 6.61 Å². The maximum absolute atomic E-state index is 8.96. The molecule has 0 aromatic rings. The minimum absolute atomic E-state index is 0.126. The van der Waals surface area contributed by atoms with Gasteiger partial charge in [0.2, 0.25) is 0 Å². The van der Waals surface area contributed by atoms with Crippen LogP contribution in [0, 0.1) is 0 Å². The Balaban J connectivity index is 1.82. The molecule has 1 atom stereocenters. The lowest BCUT2D eigenvalue weighted by Gasteiger charge is -2.22. The summed E-state index contributed by atoms with van der Waals surface area (Å²) in [6.07, 6.45) is 10.7. The molecule has 92 valence electrons. The second kappa shape index (κ2) is 6.05. The van der Waals surface area contributed by atoms with Crippen LogP contribution < -0.4 is 0 Å². The largest absolute Gasteiger partial charge is 0.488 e. The van der Waals surface area contributed by atoms with Gasteiger partial charge in [-0.05, 0) is 30.3 Å². The lowest BCUT2D eigenvalue weighted by Crippen LogP contribution is -2.20. The second-order valence-corrected chi connectivity index (χ2v) is 4.24. The van der Waals surface area contributed by atoms with Crippen LogP contribution in [0.1, 0.15) is 25.7 Å². The molecule has 0 aromatic carbocycles. The lowest BCUT2D eigenvalue weighted by atomic mass is 9.76. The Morgan fingerprint density at radius 2 is 2.24 bits per heavy atom. The summed E-state index contributed by atoms with van der Waals surface area (Å²) in [6, 6.07) is 0. The minimum atomic E-state index is -1.39. The molecular weight excluding hydrogens is 219 g/mol. The van der Waals surface area contributed by atoms with Gasteiger partial charge in [-0.3, -0.25) is 0 Å². The summed E-state index contributed by atoms with van der Waals surface area (Å²) in [6.45, 7) is 0.768. The normalized spacial score (nSPS) is 26.8. The summed E-state index contributed by atoms with van der Waals surface area (Å²) in [5.41, 5.74) is 1.53. The van der Waals surface area contributed by atoms with Gasteiger partial charge in [0.15, 0.2) is 6.29 Å². The van der Waals surface area contributed by atoms with Gasteiger partial charge in [0.25, 0.3) is 0 Å². The third-order valence-electron chi connectivity index (χ3n) is 2.87. The molecule has 1 saturated heterocycles. The molecule has 1 fully saturated rings. The average molecular weight is 236 g/mol. The molecule has 1 unspecified atom stereocenters. The van der Waals surface area contributed by atoms with Gasteiger partial charge in [-0.2, -0.15) is 0 Å². The molecule has 0 saturated carbocycles. The molecule has 0 spiro atoms. The Morgan fingerprint density at radius 1 is 1.35 bits per heavy atom. The van der Waals surface area contributed by atoms with Gasteiger partial charge in [0, 0.05) is 6.42 Å². The van der Waals surface area contributed by atoms with E-state index in [1.54, 1.807) is 18.4 Å². The van der Waals surface area contributed by atoms with E-state index in [-0.39, 0.29) is 6.29 Å². The van der Waals surface area contributed by atoms with Crippen molar-refractivity contribution in [3.63, 3.8) is 0 Å². The fraction of sp³-hybridized carbons (Fsp3) is 0.500. The van der Waals surface area contributed by atoms with Crippen LogP contribution in [0.5, 0.6) is 0 Å². The Morgan fingerprint density at radius 3 is 2.82 bits per heavy atom. The van der Waals surface area contributed by atoms with Gasteiger partial charge in [0.1, 0.15) is 0 Å². The average Bonchev–Trinajstić information content (AvgIpc) is 2.38. The van der Waals surface area contributed by atoms with E-state index in [1.807, 2.05) is 6.08 Å². The first kappa shape index (κ1) is 12.4. The van der Waals surface area contributed by atoms with Crippen LogP contribution >= 0.6 is 0 Å². The van der Waals surface area contributed by atoms with Crippen molar-refractivity contribution in [1.82, 2.24) is 0 Å².